The highest BCUT2D eigenvalue weighted by Gasteiger charge is 2.30. The van der Waals surface area contributed by atoms with Crippen molar-refractivity contribution in [3.8, 4) is 0 Å². The number of thioether (sulfide) groups is 2. The molecular formula is C14H22IN3S2. The Kier molecular flexibility index (Phi) is 6.28. The molecule has 20 heavy (non-hydrogen) atoms. The average molecular weight is 423 g/mol. The monoisotopic (exact) mass is 423 g/mol. The van der Waals surface area contributed by atoms with Crippen LogP contribution in [-0.2, 0) is 0 Å². The van der Waals surface area contributed by atoms with E-state index in [1.165, 1.54) is 23.6 Å². The molecule has 2 rings (SSSR count). The molecule has 1 aromatic rings. The van der Waals surface area contributed by atoms with Crippen molar-refractivity contribution in [1.82, 2.24) is 9.97 Å². The summed E-state index contributed by atoms with van der Waals surface area (Å²) in [5, 5.41) is 4.30. The Hall–Kier alpha value is 0.310. The molecule has 0 aliphatic carbocycles. The van der Waals surface area contributed by atoms with Gasteiger partial charge in [-0.25, -0.2) is 9.97 Å². The van der Waals surface area contributed by atoms with E-state index >= 15 is 0 Å². The number of nitrogens with one attached hydrogen (secondary N) is 1. The largest absolute Gasteiger partial charge is 0.372 e. The molecule has 1 aliphatic heterocycles. The van der Waals surface area contributed by atoms with Gasteiger partial charge in [0.1, 0.15) is 11.6 Å². The lowest BCUT2D eigenvalue weighted by molar-refractivity contribution is 0.721. The fourth-order valence-electron chi connectivity index (χ4n) is 2.30. The highest BCUT2D eigenvalue weighted by Crippen LogP contribution is 2.43. The van der Waals surface area contributed by atoms with Crippen LogP contribution in [0.4, 0.5) is 5.82 Å². The summed E-state index contributed by atoms with van der Waals surface area (Å²) in [6, 6.07) is 0. The van der Waals surface area contributed by atoms with Crippen LogP contribution in [0.25, 0.3) is 0 Å². The summed E-state index contributed by atoms with van der Waals surface area (Å²) in [5.74, 6) is 4.87. The van der Waals surface area contributed by atoms with Gasteiger partial charge in [-0.1, -0.05) is 20.8 Å². The van der Waals surface area contributed by atoms with Crippen molar-refractivity contribution in [3.05, 3.63) is 15.1 Å². The van der Waals surface area contributed by atoms with Crippen molar-refractivity contribution in [2.24, 2.45) is 0 Å². The van der Waals surface area contributed by atoms with Gasteiger partial charge in [-0.2, -0.15) is 11.8 Å². The van der Waals surface area contributed by atoms with Gasteiger partial charge in [0.25, 0.3) is 0 Å². The van der Waals surface area contributed by atoms with Crippen LogP contribution in [-0.4, -0.2) is 33.8 Å². The number of rotatable bonds is 4. The lowest BCUT2D eigenvalue weighted by atomic mass is 10.1. The second kappa shape index (κ2) is 7.54. The first-order valence-corrected chi connectivity index (χ1v) is 10.2. The second-order valence-electron chi connectivity index (χ2n) is 5.14. The molecule has 2 heterocycles. The molecular weight excluding hydrogens is 401 g/mol. The van der Waals surface area contributed by atoms with Gasteiger partial charge in [0.15, 0.2) is 0 Å². The lowest BCUT2D eigenvalue weighted by Crippen LogP contribution is -2.22. The predicted octanol–water partition coefficient (Wildman–Crippen LogP) is 4.55. The summed E-state index contributed by atoms with van der Waals surface area (Å²) in [4.78, 5) is 9.70. The Morgan fingerprint density at radius 3 is 2.60 bits per heavy atom. The first-order chi connectivity index (χ1) is 9.58. The minimum absolute atomic E-state index is 0.428. The van der Waals surface area contributed by atoms with Crippen LogP contribution in [0.1, 0.15) is 49.9 Å². The van der Waals surface area contributed by atoms with Crippen LogP contribution in [0.2, 0.25) is 0 Å². The molecule has 2 atom stereocenters. The molecule has 1 fully saturated rings. The fourth-order valence-corrected chi connectivity index (χ4v) is 6.43. The van der Waals surface area contributed by atoms with E-state index < -0.39 is 0 Å². The van der Waals surface area contributed by atoms with Gasteiger partial charge in [0.05, 0.1) is 14.5 Å². The molecule has 0 bridgehead atoms. The molecule has 0 spiro atoms. The van der Waals surface area contributed by atoms with E-state index in [2.05, 4.69) is 60.4 Å². The van der Waals surface area contributed by atoms with E-state index in [4.69, 9.17) is 9.97 Å². The van der Waals surface area contributed by atoms with Gasteiger partial charge < -0.3 is 5.32 Å². The number of hydrogen-bond acceptors (Lipinski definition) is 5. The van der Waals surface area contributed by atoms with Crippen LogP contribution in [0.3, 0.4) is 0 Å². The Balaban J connectivity index is 2.42. The summed E-state index contributed by atoms with van der Waals surface area (Å²) in [5.41, 5.74) is 1.17. The number of anilines is 1. The van der Waals surface area contributed by atoms with E-state index in [0.29, 0.717) is 16.4 Å². The molecule has 6 heteroatoms. The maximum Gasteiger partial charge on any atom is 0.145 e. The van der Waals surface area contributed by atoms with Gasteiger partial charge in [0, 0.05) is 23.8 Å². The summed E-state index contributed by atoms with van der Waals surface area (Å²) in [6.07, 6.45) is 1.18. The molecule has 0 radical (unpaired) electrons. The standard InChI is InChI=1S/C14H22IN3S2/c1-5-9-12(20-7-6-19-9)14-17-11(8(2)3)10(15)13(16-4)18-14/h8-9,12H,5-7H2,1-4H3,(H,16,17,18). The van der Waals surface area contributed by atoms with Gasteiger partial charge >= 0.3 is 0 Å². The zero-order valence-electron chi connectivity index (χ0n) is 12.4. The van der Waals surface area contributed by atoms with Crippen LogP contribution >= 0.6 is 46.1 Å². The summed E-state index contributed by atoms with van der Waals surface area (Å²) >= 11 is 6.45. The first kappa shape index (κ1) is 16.7. The predicted molar refractivity (Wildman–Crippen MR) is 100 cm³/mol. The van der Waals surface area contributed by atoms with Crippen molar-refractivity contribution >= 4 is 51.9 Å². The van der Waals surface area contributed by atoms with Crippen LogP contribution in [0.5, 0.6) is 0 Å². The molecule has 0 aromatic carbocycles. The Bertz CT molecular complexity index is 468. The zero-order valence-corrected chi connectivity index (χ0v) is 16.2. The Morgan fingerprint density at radius 2 is 2.00 bits per heavy atom. The SMILES string of the molecule is CCC1SCCSC1c1nc(NC)c(I)c(C(C)C)n1. The minimum Gasteiger partial charge on any atom is -0.372 e. The van der Waals surface area contributed by atoms with Crippen molar-refractivity contribution in [2.45, 2.75) is 43.6 Å². The third kappa shape index (κ3) is 3.55. The number of halogens is 1. The minimum atomic E-state index is 0.428. The summed E-state index contributed by atoms with van der Waals surface area (Å²) in [6.45, 7) is 6.67. The van der Waals surface area contributed by atoms with Gasteiger partial charge in [-0.3, -0.25) is 0 Å². The molecule has 0 saturated carbocycles. The Labute approximate surface area is 144 Å². The smallest absolute Gasteiger partial charge is 0.145 e. The lowest BCUT2D eigenvalue weighted by Gasteiger charge is -2.29. The number of hydrogen-bond donors (Lipinski definition) is 1. The number of nitrogens with zero attached hydrogens (tertiary/aromatic N) is 2. The molecule has 2 unspecified atom stereocenters. The van der Waals surface area contributed by atoms with Crippen LogP contribution in [0.15, 0.2) is 0 Å². The maximum atomic E-state index is 4.91. The third-order valence-electron chi connectivity index (χ3n) is 3.39. The van der Waals surface area contributed by atoms with Gasteiger partial charge in [0.2, 0.25) is 0 Å². The molecule has 3 nitrogen and oxygen atoms in total. The third-order valence-corrected chi connectivity index (χ3v) is 7.69. The first-order valence-electron chi connectivity index (χ1n) is 7.06. The molecule has 0 amide bonds. The highest BCUT2D eigenvalue weighted by molar-refractivity contribution is 14.1. The molecule has 1 aromatic heterocycles. The molecule has 1 aliphatic rings. The molecule has 1 saturated heterocycles. The quantitative estimate of drug-likeness (QED) is 0.720. The van der Waals surface area contributed by atoms with Crippen molar-refractivity contribution < 1.29 is 0 Å². The van der Waals surface area contributed by atoms with Gasteiger partial charge in [-0.05, 0) is 34.9 Å². The maximum absolute atomic E-state index is 4.91. The topological polar surface area (TPSA) is 37.8 Å². The van der Waals surface area contributed by atoms with E-state index in [1.54, 1.807) is 0 Å². The second-order valence-corrected chi connectivity index (χ2v) is 8.82. The van der Waals surface area contributed by atoms with E-state index in [9.17, 15) is 0 Å². The number of aromatic nitrogens is 2. The molecule has 112 valence electrons. The van der Waals surface area contributed by atoms with Crippen LogP contribution < -0.4 is 5.32 Å². The van der Waals surface area contributed by atoms with E-state index in [0.717, 1.165) is 15.2 Å². The zero-order chi connectivity index (χ0) is 14.7. The fraction of sp³-hybridized carbons (Fsp3) is 0.714. The molecule has 1 N–H and O–H groups in total. The van der Waals surface area contributed by atoms with E-state index in [1.807, 2.05) is 18.8 Å². The van der Waals surface area contributed by atoms with Crippen molar-refractivity contribution in [2.75, 3.05) is 23.9 Å². The average Bonchev–Trinajstić information content (AvgIpc) is 2.47. The normalized spacial score (nSPS) is 23.1. The highest BCUT2D eigenvalue weighted by atomic mass is 127. The van der Waals surface area contributed by atoms with Crippen LogP contribution in [0, 0.1) is 3.57 Å². The van der Waals surface area contributed by atoms with Crippen molar-refractivity contribution in [1.29, 1.82) is 0 Å². The van der Waals surface area contributed by atoms with E-state index in [-0.39, 0.29) is 0 Å². The van der Waals surface area contributed by atoms with Gasteiger partial charge in [-0.15, -0.1) is 11.8 Å². The Morgan fingerprint density at radius 1 is 1.30 bits per heavy atom. The van der Waals surface area contributed by atoms with Crippen molar-refractivity contribution in [3.63, 3.8) is 0 Å². The summed E-state index contributed by atoms with van der Waals surface area (Å²) < 4.78 is 1.16. The summed E-state index contributed by atoms with van der Waals surface area (Å²) in [7, 11) is 1.94.